The Morgan fingerprint density at radius 1 is 1.40 bits per heavy atom. The van der Waals surface area contributed by atoms with E-state index in [0.29, 0.717) is 18.3 Å². The van der Waals surface area contributed by atoms with Gasteiger partial charge in [0.05, 0.1) is 6.04 Å². The second-order valence-electron chi connectivity index (χ2n) is 3.86. The maximum absolute atomic E-state index is 5.89. The quantitative estimate of drug-likeness (QED) is 0.807. The zero-order valence-corrected chi connectivity index (χ0v) is 9.73. The molecule has 2 atom stereocenters. The van der Waals surface area contributed by atoms with Crippen LogP contribution in [0.5, 0.6) is 0 Å². The Hall–Kier alpha value is -0.940. The molecule has 0 aliphatic heterocycles. The van der Waals surface area contributed by atoms with Crippen LogP contribution < -0.4 is 5.73 Å². The Morgan fingerprint density at radius 2 is 2.07 bits per heavy atom. The van der Waals surface area contributed by atoms with Gasteiger partial charge in [0, 0.05) is 6.61 Å². The van der Waals surface area contributed by atoms with Crippen LogP contribution in [0, 0.1) is 5.92 Å². The summed E-state index contributed by atoms with van der Waals surface area (Å²) in [6, 6.07) is -0.208. The number of nitrogens with two attached hydrogens (primary N) is 1. The van der Waals surface area contributed by atoms with E-state index in [9.17, 15) is 0 Å². The van der Waals surface area contributed by atoms with Gasteiger partial charge in [0.25, 0.3) is 0 Å². The maximum atomic E-state index is 5.89. The third-order valence-corrected chi connectivity index (χ3v) is 2.24. The SMILES string of the molecule is CCOC(C)c1noc([C@@H](N)C(C)C)n1. The molecule has 5 heteroatoms. The summed E-state index contributed by atoms with van der Waals surface area (Å²) in [5.74, 6) is 1.32. The van der Waals surface area contributed by atoms with Crippen LogP contribution in [0.1, 0.15) is 51.6 Å². The molecule has 5 nitrogen and oxygen atoms in total. The summed E-state index contributed by atoms with van der Waals surface area (Å²) in [4.78, 5) is 4.22. The van der Waals surface area contributed by atoms with E-state index in [1.54, 1.807) is 0 Å². The minimum absolute atomic E-state index is 0.146. The molecule has 15 heavy (non-hydrogen) atoms. The van der Waals surface area contributed by atoms with Gasteiger partial charge in [0.15, 0.2) is 5.82 Å². The maximum Gasteiger partial charge on any atom is 0.243 e. The second kappa shape index (κ2) is 5.23. The number of rotatable bonds is 5. The molecule has 1 heterocycles. The van der Waals surface area contributed by atoms with Gasteiger partial charge in [-0.05, 0) is 19.8 Å². The first-order valence-corrected chi connectivity index (χ1v) is 5.27. The van der Waals surface area contributed by atoms with Crippen LogP contribution in [0.3, 0.4) is 0 Å². The Balaban J connectivity index is 2.71. The number of ether oxygens (including phenoxy) is 1. The minimum Gasteiger partial charge on any atom is -0.371 e. The van der Waals surface area contributed by atoms with Crippen LogP contribution in [-0.4, -0.2) is 16.7 Å². The largest absolute Gasteiger partial charge is 0.371 e. The molecule has 1 aromatic rings. The molecule has 1 unspecified atom stereocenters. The summed E-state index contributed by atoms with van der Waals surface area (Å²) in [5.41, 5.74) is 5.89. The van der Waals surface area contributed by atoms with Gasteiger partial charge < -0.3 is 15.0 Å². The summed E-state index contributed by atoms with van der Waals surface area (Å²) < 4.78 is 10.4. The highest BCUT2D eigenvalue weighted by atomic mass is 16.5. The van der Waals surface area contributed by atoms with E-state index in [2.05, 4.69) is 10.1 Å². The molecule has 0 saturated heterocycles. The molecule has 1 aromatic heterocycles. The predicted octanol–water partition coefficient (Wildman–Crippen LogP) is 1.82. The fourth-order valence-corrected chi connectivity index (χ4v) is 1.16. The van der Waals surface area contributed by atoms with Crippen LogP contribution in [0.2, 0.25) is 0 Å². The van der Waals surface area contributed by atoms with Crippen molar-refractivity contribution in [2.75, 3.05) is 6.61 Å². The molecular weight excluding hydrogens is 194 g/mol. The van der Waals surface area contributed by atoms with Gasteiger partial charge >= 0.3 is 0 Å². The Morgan fingerprint density at radius 3 is 2.60 bits per heavy atom. The second-order valence-corrected chi connectivity index (χ2v) is 3.86. The van der Waals surface area contributed by atoms with Crippen molar-refractivity contribution < 1.29 is 9.26 Å². The van der Waals surface area contributed by atoms with Crippen molar-refractivity contribution in [2.24, 2.45) is 11.7 Å². The van der Waals surface area contributed by atoms with Crippen LogP contribution in [0.4, 0.5) is 0 Å². The molecule has 0 aromatic carbocycles. The first-order chi connectivity index (χ1) is 7.06. The molecule has 1 rings (SSSR count). The smallest absolute Gasteiger partial charge is 0.243 e. The molecule has 0 bridgehead atoms. The van der Waals surface area contributed by atoms with Crippen molar-refractivity contribution in [2.45, 2.75) is 39.8 Å². The molecule has 0 aliphatic rings. The fourth-order valence-electron chi connectivity index (χ4n) is 1.16. The molecule has 0 radical (unpaired) electrons. The van der Waals surface area contributed by atoms with Crippen molar-refractivity contribution in [1.29, 1.82) is 0 Å². The predicted molar refractivity (Wildman–Crippen MR) is 56.1 cm³/mol. The van der Waals surface area contributed by atoms with Gasteiger partial charge in [-0.2, -0.15) is 4.98 Å². The minimum atomic E-state index is -0.208. The number of hydrogen-bond donors (Lipinski definition) is 1. The molecular formula is C10H19N3O2. The average Bonchev–Trinajstić information content (AvgIpc) is 2.65. The summed E-state index contributed by atoms with van der Waals surface area (Å²) in [6.45, 7) is 8.47. The van der Waals surface area contributed by atoms with Crippen molar-refractivity contribution >= 4 is 0 Å². The highest BCUT2D eigenvalue weighted by Crippen LogP contribution is 2.19. The topological polar surface area (TPSA) is 74.2 Å². The van der Waals surface area contributed by atoms with E-state index in [1.165, 1.54) is 0 Å². The highest BCUT2D eigenvalue weighted by molar-refractivity contribution is 4.95. The van der Waals surface area contributed by atoms with E-state index in [0.717, 1.165) is 0 Å². The van der Waals surface area contributed by atoms with Gasteiger partial charge in [-0.1, -0.05) is 19.0 Å². The average molecular weight is 213 g/mol. The lowest BCUT2D eigenvalue weighted by atomic mass is 10.1. The summed E-state index contributed by atoms with van der Waals surface area (Å²) in [7, 11) is 0. The van der Waals surface area contributed by atoms with Crippen molar-refractivity contribution in [3.63, 3.8) is 0 Å². The first-order valence-electron chi connectivity index (χ1n) is 5.27. The highest BCUT2D eigenvalue weighted by Gasteiger charge is 2.20. The lowest BCUT2D eigenvalue weighted by molar-refractivity contribution is 0.0683. The fraction of sp³-hybridized carbons (Fsp3) is 0.800. The molecule has 86 valence electrons. The summed E-state index contributed by atoms with van der Waals surface area (Å²) in [5, 5.41) is 3.85. The Labute approximate surface area is 90.0 Å². The standard InChI is InChI=1S/C10H19N3O2/c1-5-14-7(4)9-12-10(15-13-9)8(11)6(2)3/h6-8H,5,11H2,1-4H3/t7?,8-/m0/s1. The summed E-state index contributed by atoms with van der Waals surface area (Å²) >= 11 is 0. The molecule has 0 spiro atoms. The van der Waals surface area contributed by atoms with Crippen LogP contribution in [0.25, 0.3) is 0 Å². The zero-order chi connectivity index (χ0) is 11.4. The van der Waals surface area contributed by atoms with Crippen molar-refractivity contribution in [3.8, 4) is 0 Å². The Bertz CT molecular complexity index is 299. The zero-order valence-electron chi connectivity index (χ0n) is 9.73. The summed E-state index contributed by atoms with van der Waals surface area (Å²) in [6.07, 6.45) is -0.146. The first kappa shape index (κ1) is 12.1. The van der Waals surface area contributed by atoms with Gasteiger partial charge in [0.1, 0.15) is 6.10 Å². The van der Waals surface area contributed by atoms with Crippen LogP contribution in [0.15, 0.2) is 4.52 Å². The number of hydrogen-bond acceptors (Lipinski definition) is 5. The van der Waals surface area contributed by atoms with E-state index in [4.69, 9.17) is 15.0 Å². The van der Waals surface area contributed by atoms with E-state index >= 15 is 0 Å². The Kier molecular flexibility index (Phi) is 4.23. The van der Waals surface area contributed by atoms with E-state index in [1.807, 2.05) is 27.7 Å². The van der Waals surface area contributed by atoms with Crippen LogP contribution >= 0.6 is 0 Å². The third-order valence-electron chi connectivity index (χ3n) is 2.24. The van der Waals surface area contributed by atoms with Crippen molar-refractivity contribution in [1.82, 2.24) is 10.1 Å². The van der Waals surface area contributed by atoms with Gasteiger partial charge in [-0.25, -0.2) is 0 Å². The number of aromatic nitrogens is 2. The molecule has 2 N–H and O–H groups in total. The molecule has 0 amide bonds. The monoisotopic (exact) mass is 213 g/mol. The molecule has 0 saturated carbocycles. The third kappa shape index (κ3) is 3.00. The normalized spacial score (nSPS) is 15.6. The van der Waals surface area contributed by atoms with Crippen LogP contribution in [-0.2, 0) is 4.74 Å². The lowest BCUT2D eigenvalue weighted by Gasteiger charge is -2.09. The van der Waals surface area contributed by atoms with Gasteiger partial charge in [-0.15, -0.1) is 0 Å². The molecule has 0 fully saturated rings. The number of nitrogens with zero attached hydrogens (tertiary/aromatic N) is 2. The van der Waals surface area contributed by atoms with Gasteiger partial charge in [0.2, 0.25) is 5.89 Å². The van der Waals surface area contributed by atoms with Crippen molar-refractivity contribution in [3.05, 3.63) is 11.7 Å². The van der Waals surface area contributed by atoms with E-state index in [-0.39, 0.29) is 18.1 Å². The molecule has 0 aliphatic carbocycles. The van der Waals surface area contributed by atoms with Gasteiger partial charge in [-0.3, -0.25) is 0 Å². The van der Waals surface area contributed by atoms with E-state index < -0.39 is 0 Å². The lowest BCUT2D eigenvalue weighted by Crippen LogP contribution is -2.17.